The van der Waals surface area contributed by atoms with Crippen LogP contribution in [0.2, 0.25) is 5.02 Å². The van der Waals surface area contributed by atoms with Gasteiger partial charge in [-0.2, -0.15) is 0 Å². The summed E-state index contributed by atoms with van der Waals surface area (Å²) in [6, 6.07) is 4.54. The molecule has 2 unspecified atom stereocenters. The third kappa shape index (κ3) is 3.19. The Morgan fingerprint density at radius 2 is 2.32 bits per heavy atom. The highest BCUT2D eigenvalue weighted by atomic mass is 35.5. The van der Waals surface area contributed by atoms with Crippen molar-refractivity contribution in [3.8, 4) is 5.75 Å². The van der Waals surface area contributed by atoms with Gasteiger partial charge in [0, 0.05) is 17.6 Å². The molecule has 2 atom stereocenters. The van der Waals surface area contributed by atoms with Crippen molar-refractivity contribution in [3.05, 3.63) is 28.8 Å². The molecule has 0 spiro atoms. The van der Waals surface area contributed by atoms with Gasteiger partial charge >= 0.3 is 0 Å². The summed E-state index contributed by atoms with van der Waals surface area (Å²) in [5.74, 6) is -0.294. The maximum atomic E-state index is 12.4. The highest BCUT2D eigenvalue weighted by Gasteiger charge is 2.31. The number of phenols is 1. The Balaban J connectivity index is 2.18. The molecule has 2 N–H and O–H groups in total. The second kappa shape index (κ2) is 5.80. The molecule has 19 heavy (non-hydrogen) atoms. The summed E-state index contributed by atoms with van der Waals surface area (Å²) in [7, 11) is 0. The molecule has 1 heterocycles. The fourth-order valence-electron chi connectivity index (χ4n) is 2.58. The third-order valence-corrected chi connectivity index (χ3v) is 3.68. The number of aliphatic hydroxyl groups is 1. The third-order valence-electron chi connectivity index (χ3n) is 3.44. The van der Waals surface area contributed by atoms with Gasteiger partial charge in [0.1, 0.15) is 5.75 Å². The average molecular weight is 284 g/mol. The Morgan fingerprint density at radius 3 is 2.95 bits per heavy atom. The minimum Gasteiger partial charge on any atom is -0.507 e. The SMILES string of the molecule is CC(O)CC1CCCN1C(=O)c1ccc(Cl)cc1O. The van der Waals surface area contributed by atoms with E-state index in [2.05, 4.69) is 0 Å². The fourth-order valence-corrected chi connectivity index (χ4v) is 2.75. The number of aliphatic hydroxyl groups excluding tert-OH is 1. The van der Waals surface area contributed by atoms with Crippen molar-refractivity contribution in [2.45, 2.75) is 38.3 Å². The van der Waals surface area contributed by atoms with Gasteiger partial charge in [-0.15, -0.1) is 0 Å². The van der Waals surface area contributed by atoms with Crippen molar-refractivity contribution in [3.63, 3.8) is 0 Å². The van der Waals surface area contributed by atoms with E-state index in [-0.39, 0.29) is 23.3 Å². The van der Waals surface area contributed by atoms with Gasteiger partial charge in [-0.05, 0) is 44.4 Å². The standard InChI is InChI=1S/C14H18ClNO3/c1-9(17)7-11-3-2-6-16(11)14(19)12-5-4-10(15)8-13(12)18/h4-5,8-9,11,17-18H,2-3,6-7H2,1H3. The van der Waals surface area contributed by atoms with Crippen LogP contribution in [0, 0.1) is 0 Å². The Morgan fingerprint density at radius 1 is 1.58 bits per heavy atom. The Kier molecular flexibility index (Phi) is 4.32. The van der Waals surface area contributed by atoms with E-state index in [9.17, 15) is 15.0 Å². The highest BCUT2D eigenvalue weighted by Crippen LogP contribution is 2.28. The highest BCUT2D eigenvalue weighted by molar-refractivity contribution is 6.30. The Bertz CT molecular complexity index is 476. The molecule has 4 nitrogen and oxygen atoms in total. The summed E-state index contributed by atoms with van der Waals surface area (Å²) < 4.78 is 0. The van der Waals surface area contributed by atoms with Crippen molar-refractivity contribution in [1.29, 1.82) is 0 Å². The number of likely N-dealkylation sites (tertiary alicyclic amines) is 1. The number of nitrogens with zero attached hydrogens (tertiary/aromatic N) is 1. The number of carbonyl (C=O) groups is 1. The molecule has 104 valence electrons. The first kappa shape index (κ1) is 14.2. The maximum absolute atomic E-state index is 12.4. The van der Waals surface area contributed by atoms with Gasteiger partial charge in [0.25, 0.3) is 5.91 Å². The van der Waals surface area contributed by atoms with Gasteiger partial charge in [-0.1, -0.05) is 11.6 Å². The number of phenolic OH excluding ortho intramolecular Hbond substituents is 1. The summed E-state index contributed by atoms with van der Waals surface area (Å²) in [5.41, 5.74) is 0.266. The number of amides is 1. The summed E-state index contributed by atoms with van der Waals surface area (Å²) in [5, 5.41) is 19.7. The monoisotopic (exact) mass is 283 g/mol. The van der Waals surface area contributed by atoms with Crippen LogP contribution in [-0.2, 0) is 0 Å². The van der Waals surface area contributed by atoms with E-state index in [1.807, 2.05) is 0 Å². The zero-order valence-electron chi connectivity index (χ0n) is 10.8. The number of halogens is 1. The molecule has 0 aromatic heterocycles. The van der Waals surface area contributed by atoms with Crippen LogP contribution in [0.5, 0.6) is 5.75 Å². The molecule has 1 aliphatic heterocycles. The zero-order chi connectivity index (χ0) is 14.0. The predicted molar refractivity (Wildman–Crippen MR) is 73.5 cm³/mol. The zero-order valence-corrected chi connectivity index (χ0v) is 11.6. The summed E-state index contributed by atoms with van der Waals surface area (Å²) >= 11 is 5.76. The van der Waals surface area contributed by atoms with E-state index < -0.39 is 6.10 Å². The van der Waals surface area contributed by atoms with Crippen LogP contribution < -0.4 is 0 Å². The second-order valence-electron chi connectivity index (χ2n) is 5.04. The van der Waals surface area contributed by atoms with E-state index in [0.29, 0.717) is 18.0 Å². The molecule has 0 aliphatic carbocycles. The first-order chi connectivity index (χ1) is 8.99. The van der Waals surface area contributed by atoms with Gasteiger partial charge in [-0.3, -0.25) is 4.79 Å². The lowest BCUT2D eigenvalue weighted by Gasteiger charge is -2.26. The van der Waals surface area contributed by atoms with Crippen LogP contribution in [0.25, 0.3) is 0 Å². The number of benzene rings is 1. The fraction of sp³-hybridized carbons (Fsp3) is 0.500. The normalized spacial score (nSPS) is 20.6. The Labute approximate surface area is 117 Å². The van der Waals surface area contributed by atoms with Crippen LogP contribution in [0.4, 0.5) is 0 Å². The van der Waals surface area contributed by atoms with Crippen molar-refractivity contribution in [1.82, 2.24) is 4.90 Å². The first-order valence-electron chi connectivity index (χ1n) is 6.46. The van der Waals surface area contributed by atoms with E-state index in [1.165, 1.54) is 12.1 Å². The number of carbonyl (C=O) groups excluding carboxylic acids is 1. The lowest BCUT2D eigenvalue weighted by atomic mass is 10.1. The molecule has 0 radical (unpaired) electrons. The molecular formula is C14H18ClNO3. The summed E-state index contributed by atoms with van der Waals surface area (Å²) in [6.45, 7) is 2.39. The van der Waals surface area contributed by atoms with Crippen LogP contribution in [0.1, 0.15) is 36.5 Å². The van der Waals surface area contributed by atoms with Gasteiger partial charge in [0.2, 0.25) is 0 Å². The molecule has 1 aromatic carbocycles. The summed E-state index contributed by atoms with van der Waals surface area (Å²) in [4.78, 5) is 14.1. The maximum Gasteiger partial charge on any atom is 0.257 e. The molecule has 1 aliphatic rings. The van der Waals surface area contributed by atoms with Crippen LogP contribution >= 0.6 is 11.6 Å². The minimum absolute atomic E-state index is 0.0441. The number of rotatable bonds is 3. The predicted octanol–water partition coefficient (Wildman–Crippen LogP) is 2.42. The van der Waals surface area contributed by atoms with E-state index >= 15 is 0 Å². The number of hydrogen-bond acceptors (Lipinski definition) is 3. The van der Waals surface area contributed by atoms with Crippen molar-refractivity contribution < 1.29 is 15.0 Å². The van der Waals surface area contributed by atoms with Gasteiger partial charge in [0.05, 0.1) is 11.7 Å². The molecule has 1 saturated heterocycles. The van der Waals surface area contributed by atoms with E-state index in [0.717, 1.165) is 12.8 Å². The smallest absolute Gasteiger partial charge is 0.257 e. The Hall–Kier alpha value is -1.26. The van der Waals surface area contributed by atoms with Gasteiger partial charge in [0.15, 0.2) is 0 Å². The van der Waals surface area contributed by atoms with E-state index in [1.54, 1.807) is 17.9 Å². The molecular weight excluding hydrogens is 266 g/mol. The lowest BCUT2D eigenvalue weighted by Crippen LogP contribution is -2.37. The molecule has 2 rings (SSSR count). The second-order valence-corrected chi connectivity index (χ2v) is 5.48. The minimum atomic E-state index is -0.433. The van der Waals surface area contributed by atoms with Crippen molar-refractivity contribution in [2.24, 2.45) is 0 Å². The van der Waals surface area contributed by atoms with Crippen molar-refractivity contribution >= 4 is 17.5 Å². The average Bonchev–Trinajstić information content (AvgIpc) is 2.75. The van der Waals surface area contributed by atoms with Gasteiger partial charge < -0.3 is 15.1 Å². The molecule has 5 heteroatoms. The quantitative estimate of drug-likeness (QED) is 0.896. The van der Waals surface area contributed by atoms with Gasteiger partial charge in [-0.25, -0.2) is 0 Å². The first-order valence-corrected chi connectivity index (χ1v) is 6.84. The lowest BCUT2D eigenvalue weighted by molar-refractivity contribution is 0.0679. The molecule has 0 bridgehead atoms. The summed E-state index contributed by atoms with van der Waals surface area (Å²) in [6.07, 6.45) is 1.96. The largest absolute Gasteiger partial charge is 0.507 e. The topological polar surface area (TPSA) is 60.8 Å². The molecule has 0 saturated carbocycles. The van der Waals surface area contributed by atoms with E-state index in [4.69, 9.17) is 11.6 Å². The van der Waals surface area contributed by atoms with Crippen LogP contribution in [0.3, 0.4) is 0 Å². The van der Waals surface area contributed by atoms with Crippen LogP contribution in [0.15, 0.2) is 18.2 Å². The number of hydrogen-bond donors (Lipinski definition) is 2. The molecule has 1 fully saturated rings. The van der Waals surface area contributed by atoms with Crippen molar-refractivity contribution in [2.75, 3.05) is 6.54 Å². The number of aromatic hydroxyl groups is 1. The molecule has 1 aromatic rings. The molecule has 1 amide bonds. The van der Waals surface area contributed by atoms with Crippen LogP contribution in [-0.4, -0.2) is 39.7 Å².